The second-order valence-corrected chi connectivity index (χ2v) is 22.0. The van der Waals surface area contributed by atoms with Crippen LogP contribution in [-0.2, 0) is 20.9 Å². The maximum atomic E-state index is 15.8. The van der Waals surface area contributed by atoms with Gasteiger partial charge in [-0.2, -0.15) is 15.1 Å². The summed E-state index contributed by atoms with van der Waals surface area (Å²) in [6.45, 7) is 15.5. The number of aromatic amines is 1. The van der Waals surface area contributed by atoms with E-state index in [4.69, 9.17) is 29.3 Å². The second-order valence-electron chi connectivity index (χ2n) is 22.0. The molecule has 3 saturated heterocycles. The molecule has 20 heteroatoms. The third kappa shape index (κ3) is 12.5. The molecule has 424 valence electrons. The Hall–Kier alpha value is -7.94. The van der Waals surface area contributed by atoms with Gasteiger partial charge in [-0.25, -0.2) is 19.0 Å². The van der Waals surface area contributed by atoms with Gasteiger partial charge in [0.05, 0.1) is 42.7 Å². The molecule has 4 fully saturated rings. The molecule has 4 N–H and O–H groups in total. The average molecular weight is 1100 g/mol. The van der Waals surface area contributed by atoms with Crippen molar-refractivity contribution < 1.29 is 33.3 Å². The van der Waals surface area contributed by atoms with Crippen molar-refractivity contribution in [3.05, 3.63) is 120 Å². The number of amides is 2. The first kappa shape index (κ1) is 56.3. The Kier molecular flexibility index (Phi) is 17.6. The van der Waals surface area contributed by atoms with Crippen LogP contribution in [0.5, 0.6) is 11.8 Å². The van der Waals surface area contributed by atoms with Crippen LogP contribution in [0.25, 0.3) is 55.3 Å². The number of carbonyl (C=O) groups is 2. The lowest BCUT2D eigenvalue weighted by Crippen LogP contribution is -2.44. The molecule has 1 aliphatic carbocycles. The summed E-state index contributed by atoms with van der Waals surface area (Å²) in [5.74, 6) is 1.85. The normalized spacial score (nSPS) is 18.5. The lowest BCUT2D eigenvalue weighted by Gasteiger charge is -2.30. The summed E-state index contributed by atoms with van der Waals surface area (Å²) < 4.78 is 36.6. The Morgan fingerprint density at radius 3 is 2.31 bits per heavy atom. The highest BCUT2D eigenvalue weighted by Crippen LogP contribution is 2.53. The van der Waals surface area contributed by atoms with Crippen LogP contribution < -0.4 is 25.0 Å². The van der Waals surface area contributed by atoms with Crippen molar-refractivity contribution in [1.82, 2.24) is 60.7 Å². The fourth-order valence-electron chi connectivity index (χ4n) is 10.8. The number of methoxy groups -OCH3 is 1. The SMILES string of the molecule is CC1CCCN1C=O.CO[C@@H](C)COc1nc(N2CC3CC2CN3)c2cc(C3CC3)c(-c3c(C)c(F)cc4[nH]ncc34)c(OCc3ccc(-c4cn(C(C)C(C)C)nn4)cc3)c2n1.O=CNC(CO)c1ccc(-c2cncnc2)cc1. The number of aliphatic hydroxyl groups excluding tert-OH is 1. The van der Waals surface area contributed by atoms with E-state index in [0.717, 1.165) is 112 Å². The van der Waals surface area contributed by atoms with Crippen LogP contribution in [0.2, 0.25) is 0 Å². The quantitative estimate of drug-likeness (QED) is 0.0555. The van der Waals surface area contributed by atoms with Crippen LogP contribution in [0, 0.1) is 18.7 Å². The zero-order valence-corrected chi connectivity index (χ0v) is 47.1. The molecular weight excluding hydrogens is 1030 g/mol. The van der Waals surface area contributed by atoms with E-state index in [1.54, 1.807) is 25.7 Å². The number of piperazine rings is 1. The van der Waals surface area contributed by atoms with Crippen molar-refractivity contribution in [3.8, 4) is 45.3 Å². The van der Waals surface area contributed by atoms with Gasteiger partial charge in [0.25, 0.3) is 0 Å². The number of benzene rings is 4. The van der Waals surface area contributed by atoms with Crippen molar-refractivity contribution in [2.24, 2.45) is 5.92 Å². The van der Waals surface area contributed by atoms with Crippen molar-refractivity contribution in [2.75, 3.05) is 44.9 Å². The number of hydrogen-bond acceptors (Lipinski definition) is 15. The molecule has 8 aromatic rings. The van der Waals surface area contributed by atoms with E-state index in [1.165, 1.54) is 25.2 Å². The average Bonchev–Trinajstić information content (AvgIpc) is 4.15. The molecule has 4 aliphatic rings. The monoisotopic (exact) mass is 1100 g/mol. The summed E-state index contributed by atoms with van der Waals surface area (Å²) in [7, 11) is 1.66. The minimum absolute atomic E-state index is 0.132. The first-order valence-electron chi connectivity index (χ1n) is 28.0. The first-order chi connectivity index (χ1) is 39.3. The minimum Gasteiger partial charge on any atom is -0.486 e. The molecule has 2 bridgehead atoms. The number of halogens is 1. The molecule has 4 aromatic heterocycles. The Balaban J connectivity index is 0.000000232. The van der Waals surface area contributed by atoms with Crippen LogP contribution in [-0.4, -0.2) is 132 Å². The molecule has 4 aromatic carbocycles. The Morgan fingerprint density at radius 1 is 0.914 bits per heavy atom. The summed E-state index contributed by atoms with van der Waals surface area (Å²) >= 11 is 0. The van der Waals surface area contributed by atoms with Gasteiger partial charge in [-0.05, 0) is 112 Å². The molecule has 0 spiro atoms. The van der Waals surface area contributed by atoms with E-state index in [9.17, 15) is 9.59 Å². The Bertz CT molecular complexity index is 3430. The predicted octanol–water partition coefficient (Wildman–Crippen LogP) is 9.07. The van der Waals surface area contributed by atoms with Gasteiger partial charge < -0.3 is 39.8 Å². The van der Waals surface area contributed by atoms with Gasteiger partial charge in [0, 0.05) is 90.3 Å². The van der Waals surface area contributed by atoms with E-state index in [2.05, 4.69) is 104 Å². The Labute approximate surface area is 471 Å². The van der Waals surface area contributed by atoms with Crippen molar-refractivity contribution in [1.29, 1.82) is 0 Å². The minimum atomic E-state index is -0.372. The molecule has 5 unspecified atom stereocenters. The van der Waals surface area contributed by atoms with Gasteiger partial charge in [-0.1, -0.05) is 67.6 Å². The highest BCUT2D eigenvalue weighted by molar-refractivity contribution is 6.06. The van der Waals surface area contributed by atoms with Crippen LogP contribution in [0.15, 0.2) is 91.8 Å². The third-order valence-electron chi connectivity index (χ3n) is 16.2. The first-order valence-corrected chi connectivity index (χ1v) is 28.0. The number of aromatic nitrogens is 9. The van der Waals surface area contributed by atoms with E-state index < -0.39 is 0 Å². The molecule has 6 atom stereocenters. The number of anilines is 1. The van der Waals surface area contributed by atoms with Crippen LogP contribution in [0.4, 0.5) is 10.2 Å². The fourth-order valence-corrected chi connectivity index (χ4v) is 10.8. The maximum Gasteiger partial charge on any atom is 0.319 e. The number of ether oxygens (including phenoxy) is 3. The molecule has 7 heterocycles. The number of hydrogen-bond donors (Lipinski definition) is 4. The van der Waals surface area contributed by atoms with Crippen molar-refractivity contribution in [2.45, 2.75) is 122 Å². The molecule has 12 rings (SSSR count). The maximum absolute atomic E-state index is 15.8. The topological polar surface area (TPSA) is 224 Å². The summed E-state index contributed by atoms with van der Waals surface area (Å²) in [6, 6.07) is 20.8. The van der Waals surface area contributed by atoms with Crippen molar-refractivity contribution in [3.63, 3.8) is 0 Å². The van der Waals surface area contributed by atoms with E-state index >= 15 is 4.39 Å². The number of carbonyl (C=O) groups excluding carboxylic acids is 2. The van der Waals surface area contributed by atoms with E-state index in [-0.39, 0.29) is 49.8 Å². The zero-order chi connectivity index (χ0) is 56.7. The predicted molar refractivity (Wildman–Crippen MR) is 308 cm³/mol. The molecule has 0 radical (unpaired) electrons. The van der Waals surface area contributed by atoms with Gasteiger partial charge in [0.15, 0.2) is 5.75 Å². The summed E-state index contributed by atoms with van der Waals surface area (Å²) in [4.78, 5) is 42.9. The van der Waals surface area contributed by atoms with Gasteiger partial charge in [0.2, 0.25) is 12.8 Å². The highest BCUT2D eigenvalue weighted by atomic mass is 19.1. The second kappa shape index (κ2) is 25.2. The van der Waals surface area contributed by atoms with Crippen LogP contribution in [0.3, 0.4) is 0 Å². The van der Waals surface area contributed by atoms with E-state index in [1.807, 2.05) is 53.9 Å². The molecule has 2 amide bonds. The van der Waals surface area contributed by atoms with Crippen molar-refractivity contribution >= 4 is 40.4 Å². The lowest BCUT2D eigenvalue weighted by atomic mass is 9.88. The summed E-state index contributed by atoms with van der Waals surface area (Å²) in [5.41, 5.74) is 10.0. The van der Waals surface area contributed by atoms with Crippen LogP contribution >= 0.6 is 0 Å². The van der Waals surface area contributed by atoms with Gasteiger partial charge in [-0.15, -0.1) is 5.10 Å². The number of likely N-dealkylation sites (tertiary alicyclic amines) is 1. The van der Waals surface area contributed by atoms with Gasteiger partial charge >= 0.3 is 6.01 Å². The van der Waals surface area contributed by atoms with Gasteiger partial charge in [0.1, 0.15) is 42.4 Å². The zero-order valence-electron chi connectivity index (χ0n) is 47.1. The smallest absolute Gasteiger partial charge is 0.319 e. The number of H-pyrrole nitrogens is 1. The number of nitrogens with zero attached hydrogens (tertiary/aromatic N) is 10. The summed E-state index contributed by atoms with van der Waals surface area (Å²) in [5, 5.41) is 33.3. The number of fused-ring (bicyclic) bond motifs is 4. The standard InChI is InChI=1S/C42H48FN9O3.C13H13N3O2.C6H11NO/c1-22(2)25(5)52-19-36(49-50-52)28-9-7-26(8-10-28)21-54-40-38(37-24(4)34(43)15-35-33(37)17-45-48-35)31(27-11-12-27)14-32-39(40)46-42(55-20-23(3)53-6)47-41(32)51-18-29-13-30(51)16-44-29;17-7-13(16-9-18)11-3-1-10(2-4-11)12-5-14-8-15-6-12;1-6-3-2-4-7(6)5-8/h7-10,14-15,17,19,22-23,25,27,29-30,44H,11-13,16,18,20-21H2,1-6H3,(H,45,48);1-6,8-9,13,17H,7H2,(H,16,18);5-6H,2-4H2,1H3/t23-,25?,29?,30?;;/m0../s1. The number of rotatable bonds is 19. The number of aliphatic hydroxyl groups is 1. The molecule has 81 heavy (non-hydrogen) atoms. The molecule has 19 nitrogen and oxygen atoms in total. The summed E-state index contributed by atoms with van der Waals surface area (Å²) in [6.07, 6.45) is 15.6. The fraction of sp³-hybridized carbons (Fsp3) is 0.426. The molecule has 3 aliphatic heterocycles. The van der Waals surface area contributed by atoms with E-state index in [0.29, 0.717) is 58.7 Å². The van der Waals surface area contributed by atoms with Crippen LogP contribution in [0.1, 0.15) is 107 Å². The highest BCUT2D eigenvalue weighted by Gasteiger charge is 2.41. The third-order valence-corrected chi connectivity index (χ3v) is 16.2. The molecule has 1 saturated carbocycles. The molecular formula is C61H72FN13O6. The number of nitrogens with one attached hydrogen (secondary N) is 3. The Morgan fingerprint density at radius 2 is 1.68 bits per heavy atom. The van der Waals surface area contributed by atoms with Gasteiger partial charge in [-0.3, -0.25) is 14.7 Å². The largest absolute Gasteiger partial charge is 0.486 e. The lowest BCUT2D eigenvalue weighted by molar-refractivity contribution is -0.118.